The fourth-order valence-corrected chi connectivity index (χ4v) is 1.91. The molecule has 3 nitrogen and oxygen atoms in total. The summed E-state index contributed by atoms with van der Waals surface area (Å²) in [5, 5.41) is -0.607. The van der Waals surface area contributed by atoms with Crippen molar-refractivity contribution >= 4 is 21.4 Å². The van der Waals surface area contributed by atoms with Crippen LogP contribution in [0.4, 0.5) is 8.78 Å². The monoisotopic (exact) mass is 255 g/mol. The Kier molecular flexibility index (Phi) is 3.62. The van der Waals surface area contributed by atoms with Gasteiger partial charge in [0.25, 0.3) is 6.43 Å². The molecule has 0 aliphatic rings. The van der Waals surface area contributed by atoms with Gasteiger partial charge in [0.2, 0.25) is 0 Å². The Morgan fingerprint density at radius 2 is 2.07 bits per heavy atom. The highest BCUT2D eigenvalue weighted by atomic mass is 35.5. The minimum Gasteiger partial charge on any atom is -0.234 e. The van der Waals surface area contributed by atoms with Crippen LogP contribution >= 0.6 is 11.6 Å². The lowest BCUT2D eigenvalue weighted by atomic mass is 10.4. The van der Waals surface area contributed by atoms with Crippen molar-refractivity contribution in [2.75, 3.05) is 5.75 Å². The van der Waals surface area contributed by atoms with Crippen molar-refractivity contribution in [2.24, 2.45) is 0 Å². The topological polar surface area (TPSA) is 47.0 Å². The summed E-state index contributed by atoms with van der Waals surface area (Å²) < 4.78 is 47.4. The summed E-state index contributed by atoms with van der Waals surface area (Å²) in [4.78, 5) is 3.34. The Morgan fingerprint density at radius 3 is 2.53 bits per heavy atom. The van der Waals surface area contributed by atoms with Crippen LogP contribution in [-0.2, 0) is 9.84 Å². The van der Waals surface area contributed by atoms with Gasteiger partial charge in [-0.05, 0) is 12.1 Å². The fourth-order valence-electron chi connectivity index (χ4n) is 0.913. The van der Waals surface area contributed by atoms with E-state index in [9.17, 15) is 17.2 Å². The van der Waals surface area contributed by atoms with Crippen molar-refractivity contribution in [3.63, 3.8) is 0 Å². The Bertz CT molecular complexity index is 462. The molecule has 7 heteroatoms. The first-order chi connectivity index (χ1) is 6.88. The highest BCUT2D eigenvalue weighted by Crippen LogP contribution is 2.26. The second kappa shape index (κ2) is 4.40. The third-order valence-electron chi connectivity index (χ3n) is 1.75. The van der Waals surface area contributed by atoms with Crippen LogP contribution in [0.5, 0.6) is 0 Å². The van der Waals surface area contributed by atoms with Crippen LogP contribution in [0.3, 0.4) is 0 Å². The molecule has 15 heavy (non-hydrogen) atoms. The minimum atomic E-state index is -3.57. The number of hydrogen-bond donors (Lipinski definition) is 0. The molecule has 0 amide bonds. The molecular formula is C8H8ClF2NO2S. The Labute approximate surface area is 91.0 Å². The number of hydrogen-bond acceptors (Lipinski definition) is 3. The van der Waals surface area contributed by atoms with Gasteiger partial charge >= 0.3 is 0 Å². The summed E-state index contributed by atoms with van der Waals surface area (Å²) in [6.07, 6.45) is -2.88. The second-order valence-electron chi connectivity index (χ2n) is 2.72. The predicted octanol–water partition coefficient (Wildman–Crippen LogP) is 2.47. The normalized spacial score (nSPS) is 12.1. The molecule has 0 radical (unpaired) electrons. The van der Waals surface area contributed by atoms with Crippen LogP contribution in [0.25, 0.3) is 0 Å². The molecule has 1 aromatic heterocycles. The molecule has 1 aromatic rings. The molecule has 0 N–H and O–H groups in total. The Morgan fingerprint density at radius 1 is 1.47 bits per heavy atom. The average molecular weight is 256 g/mol. The largest absolute Gasteiger partial charge is 0.281 e. The number of pyridine rings is 1. The Hall–Kier alpha value is -0.750. The molecule has 0 saturated heterocycles. The van der Waals surface area contributed by atoms with Crippen LogP contribution in [0.15, 0.2) is 17.2 Å². The van der Waals surface area contributed by atoms with E-state index >= 15 is 0 Å². The molecule has 0 fully saturated rings. The maximum absolute atomic E-state index is 12.4. The van der Waals surface area contributed by atoms with Crippen molar-refractivity contribution in [1.29, 1.82) is 0 Å². The maximum atomic E-state index is 12.4. The minimum absolute atomic E-state index is 0.190. The van der Waals surface area contributed by atoms with E-state index in [0.717, 1.165) is 12.1 Å². The van der Waals surface area contributed by atoms with Crippen LogP contribution < -0.4 is 0 Å². The van der Waals surface area contributed by atoms with Crippen molar-refractivity contribution in [1.82, 2.24) is 4.98 Å². The maximum Gasteiger partial charge on any atom is 0.281 e. The van der Waals surface area contributed by atoms with Gasteiger partial charge < -0.3 is 0 Å². The lowest BCUT2D eigenvalue weighted by molar-refractivity contribution is 0.145. The number of nitrogens with zero attached hydrogens (tertiary/aromatic N) is 1. The van der Waals surface area contributed by atoms with E-state index in [4.69, 9.17) is 11.6 Å². The number of halogens is 3. The predicted molar refractivity (Wildman–Crippen MR) is 51.9 cm³/mol. The molecule has 1 heterocycles. The van der Waals surface area contributed by atoms with E-state index in [0.29, 0.717) is 0 Å². The van der Waals surface area contributed by atoms with Gasteiger partial charge in [0, 0.05) is 0 Å². The van der Waals surface area contributed by atoms with E-state index in [1.165, 1.54) is 6.92 Å². The number of alkyl halides is 2. The van der Waals surface area contributed by atoms with Gasteiger partial charge in [0.1, 0.15) is 5.69 Å². The molecule has 0 aliphatic carbocycles. The van der Waals surface area contributed by atoms with Gasteiger partial charge in [-0.25, -0.2) is 22.2 Å². The van der Waals surface area contributed by atoms with E-state index < -0.39 is 22.0 Å². The zero-order valence-electron chi connectivity index (χ0n) is 7.75. The first-order valence-corrected chi connectivity index (χ1v) is 6.09. The second-order valence-corrected chi connectivity index (χ2v) is 5.35. The average Bonchev–Trinajstić information content (AvgIpc) is 2.17. The zero-order chi connectivity index (χ0) is 11.6. The molecule has 0 aromatic carbocycles. The third kappa shape index (κ3) is 2.63. The van der Waals surface area contributed by atoms with E-state index in [1.807, 2.05) is 0 Å². The quantitative estimate of drug-likeness (QED) is 0.834. The number of sulfone groups is 1. The molecule has 0 spiro atoms. The van der Waals surface area contributed by atoms with Gasteiger partial charge in [-0.15, -0.1) is 0 Å². The number of rotatable bonds is 3. The van der Waals surface area contributed by atoms with Gasteiger partial charge in [0.15, 0.2) is 14.9 Å². The van der Waals surface area contributed by atoms with Crippen LogP contribution in [0, 0.1) is 0 Å². The molecule has 0 saturated carbocycles. The molecule has 1 rings (SSSR count). The third-order valence-corrected chi connectivity index (χ3v) is 3.70. The summed E-state index contributed by atoms with van der Waals surface area (Å²) in [5.41, 5.74) is -0.703. The van der Waals surface area contributed by atoms with Crippen LogP contribution in [-0.4, -0.2) is 19.2 Å². The fraction of sp³-hybridized carbons (Fsp3) is 0.375. The van der Waals surface area contributed by atoms with Gasteiger partial charge in [-0.1, -0.05) is 18.5 Å². The smallest absolute Gasteiger partial charge is 0.234 e. The lowest BCUT2D eigenvalue weighted by Crippen LogP contribution is -2.08. The highest BCUT2D eigenvalue weighted by molar-refractivity contribution is 7.91. The molecule has 84 valence electrons. The SMILES string of the molecule is CCS(=O)(=O)c1ccc(Cl)c(C(F)F)n1. The van der Waals surface area contributed by atoms with Gasteiger partial charge in [-0.3, -0.25) is 0 Å². The van der Waals surface area contributed by atoms with E-state index in [2.05, 4.69) is 4.98 Å². The Balaban J connectivity index is 3.31. The van der Waals surface area contributed by atoms with Gasteiger partial charge in [-0.2, -0.15) is 0 Å². The molecule has 0 atom stereocenters. The van der Waals surface area contributed by atoms with Crippen molar-refractivity contribution in [3.05, 3.63) is 22.8 Å². The standard InChI is InChI=1S/C8H8ClF2NO2S/c1-2-15(13,14)6-4-3-5(9)7(12-6)8(10)11/h3-4,8H,2H2,1H3. The summed E-state index contributed by atoms with van der Waals surface area (Å²) >= 11 is 5.45. The molecular weight excluding hydrogens is 248 g/mol. The molecule has 0 aliphatic heterocycles. The zero-order valence-corrected chi connectivity index (χ0v) is 9.32. The lowest BCUT2D eigenvalue weighted by Gasteiger charge is -2.05. The van der Waals surface area contributed by atoms with E-state index in [-0.39, 0.29) is 15.8 Å². The van der Waals surface area contributed by atoms with Crippen molar-refractivity contribution in [3.8, 4) is 0 Å². The first kappa shape index (κ1) is 12.3. The van der Waals surface area contributed by atoms with Crippen LogP contribution in [0.1, 0.15) is 19.0 Å². The molecule has 0 bridgehead atoms. The van der Waals surface area contributed by atoms with Crippen molar-refractivity contribution in [2.45, 2.75) is 18.4 Å². The van der Waals surface area contributed by atoms with Crippen LogP contribution in [0.2, 0.25) is 5.02 Å². The molecule has 0 unspecified atom stereocenters. The van der Waals surface area contributed by atoms with Crippen molar-refractivity contribution < 1.29 is 17.2 Å². The first-order valence-electron chi connectivity index (χ1n) is 4.06. The highest BCUT2D eigenvalue weighted by Gasteiger charge is 2.19. The van der Waals surface area contributed by atoms with Gasteiger partial charge in [0.05, 0.1) is 10.8 Å². The summed E-state index contributed by atoms with van der Waals surface area (Å²) in [7, 11) is -3.57. The summed E-state index contributed by atoms with van der Waals surface area (Å²) in [5.74, 6) is -0.190. The van der Waals surface area contributed by atoms with E-state index in [1.54, 1.807) is 0 Å². The number of aromatic nitrogens is 1. The summed E-state index contributed by atoms with van der Waals surface area (Å²) in [6.45, 7) is 1.41. The summed E-state index contributed by atoms with van der Waals surface area (Å²) in [6, 6.07) is 2.23.